The van der Waals surface area contributed by atoms with Gasteiger partial charge in [-0.05, 0) is 57.8 Å². The summed E-state index contributed by atoms with van der Waals surface area (Å²) in [5.41, 5.74) is 0. The highest BCUT2D eigenvalue weighted by Gasteiger charge is 2.30. The zero-order valence-corrected chi connectivity index (χ0v) is 64.8. The molecule has 0 saturated heterocycles. The fourth-order valence-electron chi connectivity index (χ4n) is 11.5. The molecule has 19 heteroatoms. The van der Waals surface area contributed by atoms with E-state index in [9.17, 15) is 43.2 Å². The molecule has 0 saturated carbocycles. The lowest BCUT2D eigenvalue weighted by Gasteiger charge is -2.21. The SMILES string of the molecule is CC/C=C\C/C=C\C/C=C\CCCCCCCC(=O)OCC(COP(=O)(O)OCC(O)COP(=O)(O)OCC(COC(=O)CCCCCCCCCCCCCCCCC)OC(=O)CCCCCCCCCCCCCCCCC)OC(=O)CCCCCCCCCCCCCCC. The van der Waals surface area contributed by atoms with Crippen LogP contribution in [0.15, 0.2) is 36.5 Å². The topological polar surface area (TPSA) is 237 Å². The molecule has 0 radical (unpaired) electrons. The summed E-state index contributed by atoms with van der Waals surface area (Å²) in [6.07, 6.45) is 68.3. The number of allylic oxidation sites excluding steroid dienone is 6. The molecule has 3 N–H and O–H groups in total. The van der Waals surface area contributed by atoms with Gasteiger partial charge < -0.3 is 33.8 Å². The molecule has 0 aromatic heterocycles. The first-order chi connectivity index (χ1) is 47.7. The molecule has 0 aromatic rings. The number of phosphoric acid groups is 2. The first-order valence-electron chi connectivity index (χ1n) is 40.2. The van der Waals surface area contributed by atoms with Crippen molar-refractivity contribution in [2.45, 2.75) is 406 Å². The van der Waals surface area contributed by atoms with Crippen LogP contribution in [0.25, 0.3) is 0 Å². The van der Waals surface area contributed by atoms with Gasteiger partial charge in [-0.1, -0.05) is 340 Å². The van der Waals surface area contributed by atoms with Gasteiger partial charge in [0.25, 0.3) is 0 Å². The average molecular weight is 1430 g/mol. The lowest BCUT2D eigenvalue weighted by Crippen LogP contribution is -2.30. The number of aliphatic hydroxyl groups excluding tert-OH is 1. The Bertz CT molecular complexity index is 2000. The smallest absolute Gasteiger partial charge is 0.462 e. The number of carbonyl (C=O) groups excluding carboxylic acids is 4. The Labute approximate surface area is 598 Å². The van der Waals surface area contributed by atoms with Crippen LogP contribution < -0.4 is 0 Å². The van der Waals surface area contributed by atoms with Crippen LogP contribution in [0.4, 0.5) is 0 Å². The number of ether oxygens (including phenoxy) is 4. The molecule has 5 atom stereocenters. The van der Waals surface area contributed by atoms with Gasteiger partial charge in [-0.15, -0.1) is 0 Å². The minimum absolute atomic E-state index is 0.0996. The van der Waals surface area contributed by atoms with E-state index >= 15 is 0 Å². The minimum atomic E-state index is -4.97. The highest BCUT2D eigenvalue weighted by molar-refractivity contribution is 7.47. The molecule has 0 rings (SSSR count). The molecule has 5 unspecified atom stereocenters. The van der Waals surface area contributed by atoms with E-state index in [0.717, 1.165) is 122 Å². The second-order valence-electron chi connectivity index (χ2n) is 27.4. The Hall–Kier alpha value is -2.72. The maximum absolute atomic E-state index is 13.1. The van der Waals surface area contributed by atoms with Crippen molar-refractivity contribution in [1.82, 2.24) is 0 Å². The molecule has 0 fully saturated rings. The molecule has 98 heavy (non-hydrogen) atoms. The number of aliphatic hydroxyl groups is 1. The third-order valence-electron chi connectivity index (χ3n) is 17.6. The standard InChI is InChI=1S/C79H148O17P2/c1-5-9-13-17-21-25-29-33-36-40-43-47-51-55-59-63-76(81)89-69-74(95-78(83)65-61-57-53-49-45-39-32-28-24-20-16-12-8-4)71-93-97(85,86)91-67-73(80)68-92-98(87,88)94-72-75(96-79(84)66-62-58-54-50-46-42-38-35-31-27-23-19-15-11-7-3)70-90-77(82)64-60-56-52-48-44-41-37-34-30-26-22-18-14-10-6-2/h9,13,21,25,33,36,73-75,80H,5-8,10-12,14-20,22-24,26-32,34-35,37-72H2,1-4H3,(H,85,86)(H,87,88)/b13-9-,25-21-,36-33-. The zero-order valence-electron chi connectivity index (χ0n) is 63.0. The Balaban J connectivity index is 5.30. The molecule has 0 aliphatic heterocycles. The quantitative estimate of drug-likeness (QED) is 0.0169. The molecule has 576 valence electrons. The Kier molecular flexibility index (Phi) is 70.6. The van der Waals surface area contributed by atoms with Crippen LogP contribution in [0.1, 0.15) is 387 Å². The van der Waals surface area contributed by atoms with E-state index in [1.165, 1.54) is 186 Å². The number of carbonyl (C=O) groups is 4. The molecular formula is C79H148O17P2. The van der Waals surface area contributed by atoms with E-state index in [-0.39, 0.29) is 25.7 Å². The van der Waals surface area contributed by atoms with Gasteiger partial charge in [0.1, 0.15) is 19.3 Å². The Morgan fingerprint density at radius 1 is 0.296 bits per heavy atom. The van der Waals surface area contributed by atoms with Gasteiger partial charge >= 0.3 is 39.5 Å². The first kappa shape index (κ1) is 95.3. The van der Waals surface area contributed by atoms with Crippen molar-refractivity contribution < 1.29 is 80.2 Å². The largest absolute Gasteiger partial charge is 0.472 e. The van der Waals surface area contributed by atoms with Gasteiger partial charge in [0.05, 0.1) is 26.4 Å². The van der Waals surface area contributed by atoms with Crippen molar-refractivity contribution in [1.29, 1.82) is 0 Å². The second-order valence-corrected chi connectivity index (χ2v) is 30.3. The molecule has 0 amide bonds. The van der Waals surface area contributed by atoms with E-state index < -0.39 is 97.5 Å². The molecule has 0 aliphatic rings. The highest BCUT2D eigenvalue weighted by Crippen LogP contribution is 2.45. The van der Waals surface area contributed by atoms with Crippen LogP contribution >= 0.6 is 15.6 Å². The van der Waals surface area contributed by atoms with Gasteiger partial charge in [0, 0.05) is 25.7 Å². The summed E-state index contributed by atoms with van der Waals surface area (Å²) in [5.74, 6) is -2.14. The van der Waals surface area contributed by atoms with Crippen molar-refractivity contribution in [2.75, 3.05) is 39.6 Å². The number of rotatable bonds is 77. The van der Waals surface area contributed by atoms with Gasteiger partial charge in [-0.3, -0.25) is 37.3 Å². The Morgan fingerprint density at radius 3 is 0.816 bits per heavy atom. The van der Waals surface area contributed by atoms with Crippen LogP contribution in [0.2, 0.25) is 0 Å². The predicted molar refractivity (Wildman–Crippen MR) is 400 cm³/mol. The average Bonchev–Trinajstić information content (AvgIpc) is 0.959. The number of hydrogen-bond acceptors (Lipinski definition) is 15. The maximum atomic E-state index is 13.1. The van der Waals surface area contributed by atoms with Crippen LogP contribution in [0, 0.1) is 0 Å². The van der Waals surface area contributed by atoms with Gasteiger partial charge in [-0.2, -0.15) is 0 Å². The van der Waals surface area contributed by atoms with Gasteiger partial charge in [-0.25, -0.2) is 9.13 Å². The normalized spacial score (nSPS) is 14.1. The third kappa shape index (κ3) is 71.7. The molecule has 0 aromatic carbocycles. The van der Waals surface area contributed by atoms with Crippen LogP contribution in [-0.4, -0.2) is 96.7 Å². The van der Waals surface area contributed by atoms with E-state index in [0.29, 0.717) is 25.7 Å². The molecule has 0 aliphatic carbocycles. The van der Waals surface area contributed by atoms with E-state index in [1.807, 2.05) is 0 Å². The van der Waals surface area contributed by atoms with E-state index in [1.54, 1.807) is 0 Å². The van der Waals surface area contributed by atoms with Crippen LogP contribution in [0.3, 0.4) is 0 Å². The summed E-state index contributed by atoms with van der Waals surface area (Å²) in [6.45, 7) is 4.85. The lowest BCUT2D eigenvalue weighted by atomic mass is 10.0. The van der Waals surface area contributed by atoms with Gasteiger partial charge in [0.2, 0.25) is 0 Å². The fourth-order valence-corrected chi connectivity index (χ4v) is 13.1. The molecular weight excluding hydrogens is 1280 g/mol. The van der Waals surface area contributed by atoms with Crippen LogP contribution in [-0.2, 0) is 65.4 Å². The molecule has 0 heterocycles. The summed E-state index contributed by atoms with van der Waals surface area (Å²) in [4.78, 5) is 73.0. The lowest BCUT2D eigenvalue weighted by molar-refractivity contribution is -0.161. The zero-order chi connectivity index (χ0) is 71.8. The molecule has 0 bridgehead atoms. The van der Waals surface area contributed by atoms with E-state index in [2.05, 4.69) is 64.2 Å². The van der Waals surface area contributed by atoms with Crippen molar-refractivity contribution in [3.05, 3.63) is 36.5 Å². The summed E-state index contributed by atoms with van der Waals surface area (Å²) < 4.78 is 68.6. The first-order valence-corrected chi connectivity index (χ1v) is 43.2. The van der Waals surface area contributed by atoms with Crippen molar-refractivity contribution in [3.63, 3.8) is 0 Å². The van der Waals surface area contributed by atoms with Crippen molar-refractivity contribution in [2.24, 2.45) is 0 Å². The number of hydrogen-bond donors (Lipinski definition) is 3. The van der Waals surface area contributed by atoms with Gasteiger partial charge in [0.15, 0.2) is 12.2 Å². The minimum Gasteiger partial charge on any atom is -0.462 e. The summed E-state index contributed by atoms with van der Waals surface area (Å²) in [6, 6.07) is 0. The highest BCUT2D eigenvalue weighted by atomic mass is 31.2. The molecule has 17 nitrogen and oxygen atoms in total. The maximum Gasteiger partial charge on any atom is 0.472 e. The second kappa shape index (κ2) is 72.6. The summed E-state index contributed by atoms with van der Waals surface area (Å²) in [5, 5.41) is 10.6. The van der Waals surface area contributed by atoms with E-state index in [4.69, 9.17) is 37.0 Å². The number of esters is 4. The van der Waals surface area contributed by atoms with Crippen LogP contribution in [0.5, 0.6) is 0 Å². The molecule has 0 spiro atoms. The van der Waals surface area contributed by atoms with Crippen molar-refractivity contribution in [3.8, 4) is 0 Å². The third-order valence-corrected chi connectivity index (χ3v) is 19.6. The monoisotopic (exact) mass is 1430 g/mol. The fraction of sp³-hybridized carbons (Fsp3) is 0.873. The number of phosphoric ester groups is 2. The summed E-state index contributed by atoms with van der Waals surface area (Å²) in [7, 11) is -9.93. The number of unbranched alkanes of at least 4 members (excludes halogenated alkanes) is 45. The predicted octanol–water partition coefficient (Wildman–Crippen LogP) is 23.1. The summed E-state index contributed by atoms with van der Waals surface area (Å²) >= 11 is 0. The van der Waals surface area contributed by atoms with Crippen molar-refractivity contribution >= 4 is 39.5 Å². The Morgan fingerprint density at radius 2 is 0.531 bits per heavy atom.